The number of halogens is 1. The van der Waals surface area contributed by atoms with Crippen molar-refractivity contribution in [2.75, 3.05) is 0 Å². The maximum absolute atomic E-state index is 14.3. The van der Waals surface area contributed by atoms with Crippen LogP contribution in [0.5, 0.6) is 16.7 Å². The molecule has 1 fully saturated rings. The third-order valence-corrected chi connectivity index (χ3v) is 4.58. The molecule has 1 N–H and O–H groups in total. The zero-order valence-corrected chi connectivity index (χ0v) is 16.9. The highest BCUT2D eigenvalue weighted by atomic mass is 32.1. The highest BCUT2D eigenvalue weighted by Gasteiger charge is 2.30. The maximum atomic E-state index is 14.3. The molecule has 0 atom stereocenters. The third-order valence-electron chi connectivity index (χ3n) is 3.86. The lowest BCUT2D eigenvalue weighted by molar-refractivity contribution is 0.188. The molecular formula is C19H19FN4O4S. The van der Waals surface area contributed by atoms with Crippen LogP contribution in [-0.2, 0) is 0 Å². The quantitative estimate of drug-likeness (QED) is 0.630. The molecule has 29 heavy (non-hydrogen) atoms. The SMILES string of the molecule is CC(C)(C)NC(=O)Oc1ccc(Oc2nc(-c3nnc(C4CC4)o3)cs2)cc1F. The van der Waals surface area contributed by atoms with Crippen LogP contribution in [0.1, 0.15) is 45.4 Å². The van der Waals surface area contributed by atoms with Gasteiger partial charge >= 0.3 is 6.09 Å². The number of rotatable bonds is 5. The van der Waals surface area contributed by atoms with Gasteiger partial charge in [0.15, 0.2) is 11.6 Å². The number of hydrogen-bond acceptors (Lipinski definition) is 8. The first-order valence-corrected chi connectivity index (χ1v) is 9.91. The smallest absolute Gasteiger partial charge is 0.413 e. The first-order valence-electron chi connectivity index (χ1n) is 9.03. The summed E-state index contributed by atoms with van der Waals surface area (Å²) in [5.74, 6) is 0.615. The fraction of sp³-hybridized carbons (Fsp3) is 0.368. The molecule has 1 saturated carbocycles. The summed E-state index contributed by atoms with van der Waals surface area (Å²) < 4.78 is 30.5. The van der Waals surface area contributed by atoms with E-state index in [4.69, 9.17) is 13.9 Å². The molecule has 2 heterocycles. The number of thiazole rings is 1. The lowest BCUT2D eigenvalue weighted by atomic mass is 10.1. The highest BCUT2D eigenvalue weighted by Crippen LogP contribution is 2.40. The monoisotopic (exact) mass is 418 g/mol. The summed E-state index contributed by atoms with van der Waals surface area (Å²) in [5, 5.41) is 12.6. The second-order valence-electron chi connectivity index (χ2n) is 7.68. The van der Waals surface area contributed by atoms with Crippen molar-refractivity contribution < 1.29 is 23.1 Å². The molecule has 0 bridgehead atoms. The van der Waals surface area contributed by atoms with Gasteiger partial charge < -0.3 is 19.2 Å². The molecule has 1 amide bonds. The Morgan fingerprint density at radius 3 is 2.79 bits per heavy atom. The van der Waals surface area contributed by atoms with E-state index in [1.165, 1.54) is 23.5 Å². The van der Waals surface area contributed by atoms with E-state index in [9.17, 15) is 9.18 Å². The van der Waals surface area contributed by atoms with E-state index in [-0.39, 0.29) is 11.5 Å². The van der Waals surface area contributed by atoms with Crippen molar-refractivity contribution in [3.8, 4) is 28.3 Å². The standard InChI is InChI=1S/C19H19FN4O4S/c1-19(2,3)22-17(25)27-14-7-6-11(8-12(14)20)26-18-21-13(9-29-18)16-24-23-15(28-16)10-4-5-10/h6-10H,4-5H2,1-3H3,(H,22,25). The summed E-state index contributed by atoms with van der Waals surface area (Å²) in [6.07, 6.45) is 1.40. The molecular weight excluding hydrogens is 399 g/mol. The first-order chi connectivity index (χ1) is 13.8. The second kappa shape index (κ2) is 7.43. The van der Waals surface area contributed by atoms with Crippen molar-refractivity contribution in [1.29, 1.82) is 0 Å². The Hall–Kier alpha value is -3.01. The number of benzene rings is 1. The Labute approximate surface area is 170 Å². The molecule has 1 aliphatic rings. The zero-order chi connectivity index (χ0) is 20.6. The Kier molecular flexibility index (Phi) is 4.95. The summed E-state index contributed by atoms with van der Waals surface area (Å²) in [7, 11) is 0. The molecule has 2 aromatic heterocycles. The number of ether oxygens (including phenoxy) is 2. The number of nitrogens with zero attached hydrogens (tertiary/aromatic N) is 3. The van der Waals surface area contributed by atoms with Gasteiger partial charge in [-0.05, 0) is 45.7 Å². The number of carbonyl (C=O) groups excluding carboxylic acids is 1. The van der Waals surface area contributed by atoms with Gasteiger partial charge in [-0.15, -0.1) is 10.2 Å². The van der Waals surface area contributed by atoms with Crippen molar-refractivity contribution in [2.45, 2.75) is 45.1 Å². The Bertz CT molecular complexity index is 1040. The van der Waals surface area contributed by atoms with E-state index >= 15 is 0 Å². The fourth-order valence-corrected chi connectivity index (χ4v) is 3.06. The van der Waals surface area contributed by atoms with Crippen molar-refractivity contribution in [3.63, 3.8) is 0 Å². The molecule has 0 saturated heterocycles. The molecule has 1 aliphatic carbocycles. The number of hydrogen-bond donors (Lipinski definition) is 1. The minimum absolute atomic E-state index is 0.197. The van der Waals surface area contributed by atoms with Crippen LogP contribution in [0.4, 0.5) is 9.18 Å². The van der Waals surface area contributed by atoms with Crippen molar-refractivity contribution >= 4 is 17.4 Å². The molecule has 0 aliphatic heterocycles. The van der Waals surface area contributed by atoms with Gasteiger partial charge in [-0.2, -0.15) is 4.98 Å². The van der Waals surface area contributed by atoms with Gasteiger partial charge in [0, 0.05) is 22.9 Å². The number of amides is 1. The summed E-state index contributed by atoms with van der Waals surface area (Å²) in [5.41, 5.74) is 0.0143. The van der Waals surface area contributed by atoms with Crippen LogP contribution in [0.25, 0.3) is 11.6 Å². The minimum atomic E-state index is -0.736. The van der Waals surface area contributed by atoms with Crippen LogP contribution >= 0.6 is 11.3 Å². The van der Waals surface area contributed by atoms with Crippen LogP contribution < -0.4 is 14.8 Å². The van der Waals surface area contributed by atoms with Gasteiger partial charge in [0.2, 0.25) is 5.89 Å². The maximum Gasteiger partial charge on any atom is 0.413 e. The van der Waals surface area contributed by atoms with Crippen LogP contribution in [0.3, 0.4) is 0 Å². The van der Waals surface area contributed by atoms with Crippen molar-refractivity contribution in [2.24, 2.45) is 0 Å². The molecule has 0 radical (unpaired) electrons. The van der Waals surface area contributed by atoms with E-state index in [1.807, 2.05) is 0 Å². The average Bonchev–Trinajstić information content (AvgIpc) is 3.17. The Morgan fingerprint density at radius 1 is 1.31 bits per heavy atom. The normalized spacial score (nSPS) is 13.9. The van der Waals surface area contributed by atoms with Crippen molar-refractivity contribution in [3.05, 3.63) is 35.3 Å². The topological polar surface area (TPSA) is 99.4 Å². The lowest BCUT2D eigenvalue weighted by Crippen LogP contribution is -2.42. The minimum Gasteiger partial charge on any atom is -0.431 e. The molecule has 1 aromatic carbocycles. The van der Waals surface area contributed by atoms with Gasteiger partial charge in [-0.25, -0.2) is 9.18 Å². The van der Waals surface area contributed by atoms with Crippen LogP contribution in [0.2, 0.25) is 0 Å². The van der Waals surface area contributed by atoms with E-state index in [0.29, 0.717) is 28.6 Å². The van der Waals surface area contributed by atoms with E-state index < -0.39 is 17.4 Å². The van der Waals surface area contributed by atoms with Gasteiger partial charge in [0.25, 0.3) is 11.1 Å². The predicted molar refractivity (Wildman–Crippen MR) is 103 cm³/mol. The molecule has 10 heteroatoms. The summed E-state index contributed by atoms with van der Waals surface area (Å²) in [4.78, 5) is 16.1. The first kappa shape index (κ1) is 19.3. The van der Waals surface area contributed by atoms with Gasteiger partial charge in [-0.3, -0.25) is 0 Å². The van der Waals surface area contributed by atoms with Gasteiger partial charge in [-0.1, -0.05) is 11.3 Å². The Morgan fingerprint density at radius 2 is 2.10 bits per heavy atom. The average molecular weight is 418 g/mol. The van der Waals surface area contributed by atoms with E-state index in [1.54, 1.807) is 26.2 Å². The molecule has 4 rings (SSSR count). The summed E-state index contributed by atoms with van der Waals surface area (Å²) in [6.45, 7) is 5.39. The van der Waals surface area contributed by atoms with Gasteiger partial charge in [0.1, 0.15) is 11.4 Å². The molecule has 3 aromatic rings. The van der Waals surface area contributed by atoms with Crippen LogP contribution in [0.15, 0.2) is 28.0 Å². The lowest BCUT2D eigenvalue weighted by Gasteiger charge is -2.19. The Balaban J connectivity index is 1.41. The zero-order valence-electron chi connectivity index (χ0n) is 16.1. The molecule has 0 spiro atoms. The van der Waals surface area contributed by atoms with Crippen LogP contribution in [-0.4, -0.2) is 26.8 Å². The summed E-state index contributed by atoms with van der Waals surface area (Å²) >= 11 is 1.22. The van der Waals surface area contributed by atoms with Crippen molar-refractivity contribution in [1.82, 2.24) is 20.5 Å². The fourth-order valence-electron chi connectivity index (χ4n) is 2.40. The summed E-state index contributed by atoms with van der Waals surface area (Å²) in [6, 6.07) is 3.93. The molecule has 8 nitrogen and oxygen atoms in total. The largest absolute Gasteiger partial charge is 0.431 e. The van der Waals surface area contributed by atoms with Gasteiger partial charge in [0.05, 0.1) is 0 Å². The number of nitrogens with one attached hydrogen (secondary N) is 1. The number of carbonyl (C=O) groups is 1. The number of aromatic nitrogens is 3. The molecule has 152 valence electrons. The van der Waals surface area contributed by atoms with E-state index in [0.717, 1.165) is 18.9 Å². The predicted octanol–water partition coefficient (Wildman–Crippen LogP) is 4.89. The third kappa shape index (κ3) is 4.89. The highest BCUT2D eigenvalue weighted by molar-refractivity contribution is 7.11. The van der Waals surface area contributed by atoms with E-state index in [2.05, 4.69) is 20.5 Å². The van der Waals surface area contributed by atoms with Crippen LogP contribution in [0, 0.1) is 5.82 Å². The second-order valence-corrected chi connectivity index (χ2v) is 8.50. The molecule has 0 unspecified atom stereocenters.